The van der Waals surface area contributed by atoms with Crippen LogP contribution in [0.5, 0.6) is 0 Å². The summed E-state index contributed by atoms with van der Waals surface area (Å²) in [4.78, 5) is 12.3. The minimum absolute atomic E-state index is 0.0119. The van der Waals surface area contributed by atoms with Crippen molar-refractivity contribution >= 4 is 15.6 Å². The second-order valence-electron chi connectivity index (χ2n) is 6.98. The van der Waals surface area contributed by atoms with E-state index in [9.17, 15) is 13.2 Å². The predicted molar refractivity (Wildman–Crippen MR) is 84.2 cm³/mol. The summed E-state index contributed by atoms with van der Waals surface area (Å²) in [5, 5.41) is 0. The first-order valence-electron chi connectivity index (χ1n) is 7.56. The van der Waals surface area contributed by atoms with Gasteiger partial charge in [-0.1, -0.05) is 45.7 Å². The summed E-state index contributed by atoms with van der Waals surface area (Å²) in [6.45, 7) is 6.25. The van der Waals surface area contributed by atoms with E-state index in [0.29, 0.717) is 0 Å². The highest BCUT2D eigenvalue weighted by atomic mass is 32.2. The van der Waals surface area contributed by atoms with E-state index >= 15 is 0 Å². The van der Waals surface area contributed by atoms with Gasteiger partial charge >= 0.3 is 0 Å². The van der Waals surface area contributed by atoms with Gasteiger partial charge in [-0.2, -0.15) is 0 Å². The summed E-state index contributed by atoms with van der Waals surface area (Å²) in [6.07, 6.45) is 3.77. The Morgan fingerprint density at radius 3 is 2.10 bits per heavy atom. The first kappa shape index (κ1) is 16.2. The lowest BCUT2D eigenvalue weighted by Gasteiger charge is -2.19. The van der Waals surface area contributed by atoms with Crippen LogP contribution in [0.25, 0.3) is 0 Å². The molecule has 1 aliphatic carbocycles. The van der Waals surface area contributed by atoms with Crippen LogP contribution in [0.4, 0.5) is 0 Å². The van der Waals surface area contributed by atoms with E-state index in [0.717, 1.165) is 31.2 Å². The summed E-state index contributed by atoms with van der Waals surface area (Å²) in [5.74, 6) is -0.520. The lowest BCUT2D eigenvalue weighted by atomic mass is 9.87. The van der Waals surface area contributed by atoms with Crippen molar-refractivity contribution in [3.8, 4) is 0 Å². The lowest BCUT2D eigenvalue weighted by Crippen LogP contribution is -2.22. The van der Waals surface area contributed by atoms with Crippen molar-refractivity contribution in [2.75, 3.05) is 5.75 Å². The van der Waals surface area contributed by atoms with Gasteiger partial charge in [-0.3, -0.25) is 4.79 Å². The predicted octanol–water partition coefficient (Wildman–Crippen LogP) is 3.52. The van der Waals surface area contributed by atoms with Crippen molar-refractivity contribution in [1.82, 2.24) is 0 Å². The normalized spacial score (nSPS) is 17.1. The van der Waals surface area contributed by atoms with Crippen LogP contribution in [0.1, 0.15) is 52.0 Å². The molecule has 1 aromatic carbocycles. The van der Waals surface area contributed by atoms with E-state index in [-0.39, 0.29) is 27.8 Å². The van der Waals surface area contributed by atoms with Gasteiger partial charge in [0.2, 0.25) is 0 Å². The average Bonchev–Trinajstić information content (AvgIpc) is 2.91. The second kappa shape index (κ2) is 5.91. The zero-order valence-corrected chi connectivity index (χ0v) is 13.9. The highest BCUT2D eigenvalue weighted by Gasteiger charge is 2.28. The van der Waals surface area contributed by atoms with E-state index in [1.807, 2.05) is 12.1 Å². The first-order valence-corrected chi connectivity index (χ1v) is 9.21. The van der Waals surface area contributed by atoms with Crippen LogP contribution in [0.3, 0.4) is 0 Å². The Labute approximate surface area is 127 Å². The molecule has 0 unspecified atom stereocenters. The van der Waals surface area contributed by atoms with Crippen LogP contribution < -0.4 is 0 Å². The van der Waals surface area contributed by atoms with Crippen molar-refractivity contribution in [1.29, 1.82) is 0 Å². The van der Waals surface area contributed by atoms with Gasteiger partial charge in [0.15, 0.2) is 15.6 Å². The zero-order chi connectivity index (χ0) is 15.7. The molecule has 0 aromatic heterocycles. The molecule has 0 spiro atoms. The fourth-order valence-corrected chi connectivity index (χ4v) is 4.13. The van der Waals surface area contributed by atoms with Crippen LogP contribution >= 0.6 is 0 Å². The summed E-state index contributed by atoms with van der Waals surface area (Å²) in [6, 6.07) is 6.93. The zero-order valence-electron chi connectivity index (χ0n) is 13.1. The Bertz CT molecular complexity index is 600. The molecule has 1 aliphatic rings. The summed E-state index contributed by atoms with van der Waals surface area (Å²) in [7, 11) is -3.51. The minimum Gasteiger partial charge on any atom is -0.298 e. The maximum Gasteiger partial charge on any atom is 0.185 e. The number of hydrogen-bond donors (Lipinski definition) is 0. The van der Waals surface area contributed by atoms with Crippen LogP contribution in [0.2, 0.25) is 0 Å². The molecule has 1 aromatic rings. The van der Waals surface area contributed by atoms with Gasteiger partial charge in [-0.05, 0) is 36.0 Å². The van der Waals surface area contributed by atoms with E-state index in [1.165, 1.54) is 0 Å². The number of rotatable bonds is 4. The maximum atomic E-state index is 12.3. The van der Waals surface area contributed by atoms with Crippen molar-refractivity contribution in [2.45, 2.75) is 56.8 Å². The third-order valence-electron chi connectivity index (χ3n) is 4.22. The van der Waals surface area contributed by atoms with Crippen LogP contribution in [-0.2, 0) is 20.0 Å². The van der Waals surface area contributed by atoms with Gasteiger partial charge in [0.25, 0.3) is 0 Å². The summed E-state index contributed by atoms with van der Waals surface area (Å²) >= 11 is 0. The summed E-state index contributed by atoms with van der Waals surface area (Å²) < 4.78 is 24.7. The molecule has 0 radical (unpaired) electrons. The highest BCUT2D eigenvalue weighted by molar-refractivity contribution is 7.92. The van der Waals surface area contributed by atoms with E-state index in [1.54, 1.807) is 12.1 Å². The number of benzene rings is 1. The molecule has 3 nitrogen and oxygen atoms in total. The van der Waals surface area contributed by atoms with Gasteiger partial charge in [0.1, 0.15) is 5.75 Å². The molecule has 0 saturated heterocycles. The third kappa shape index (κ3) is 3.94. The van der Waals surface area contributed by atoms with Crippen LogP contribution in [0, 0.1) is 5.92 Å². The topological polar surface area (TPSA) is 51.2 Å². The molecule has 1 fully saturated rings. The molecule has 0 heterocycles. The van der Waals surface area contributed by atoms with Crippen molar-refractivity contribution in [2.24, 2.45) is 5.92 Å². The van der Waals surface area contributed by atoms with Crippen LogP contribution in [0.15, 0.2) is 29.2 Å². The van der Waals surface area contributed by atoms with Crippen LogP contribution in [-0.4, -0.2) is 20.0 Å². The smallest absolute Gasteiger partial charge is 0.185 e. The van der Waals surface area contributed by atoms with E-state index in [2.05, 4.69) is 20.8 Å². The van der Waals surface area contributed by atoms with E-state index < -0.39 is 9.84 Å². The molecule has 2 rings (SSSR count). The standard InChI is InChI=1S/C17H24O3S/c1-17(2,3)14-8-10-15(11-9-14)21(19,20)12-16(18)13-6-4-5-7-13/h8-11,13H,4-7,12H2,1-3H3. The fourth-order valence-electron chi connectivity index (χ4n) is 2.80. The Kier molecular flexibility index (Phi) is 4.57. The Morgan fingerprint density at radius 2 is 1.62 bits per heavy atom. The van der Waals surface area contributed by atoms with Crippen molar-refractivity contribution in [3.05, 3.63) is 29.8 Å². The molecular formula is C17H24O3S. The summed E-state index contributed by atoms with van der Waals surface area (Å²) in [5.41, 5.74) is 1.07. The minimum atomic E-state index is -3.51. The molecule has 0 bridgehead atoms. The van der Waals surface area contributed by atoms with Gasteiger partial charge in [0.05, 0.1) is 4.90 Å². The molecule has 1 saturated carbocycles. The highest BCUT2D eigenvalue weighted by Crippen LogP contribution is 2.27. The number of ketones is 1. The number of hydrogen-bond acceptors (Lipinski definition) is 3. The Morgan fingerprint density at radius 1 is 1.10 bits per heavy atom. The largest absolute Gasteiger partial charge is 0.298 e. The molecule has 21 heavy (non-hydrogen) atoms. The fraction of sp³-hybridized carbons (Fsp3) is 0.588. The molecule has 0 aliphatic heterocycles. The number of carbonyl (C=O) groups excluding carboxylic acids is 1. The molecule has 4 heteroatoms. The third-order valence-corrected chi connectivity index (χ3v) is 5.88. The quantitative estimate of drug-likeness (QED) is 0.855. The number of sulfone groups is 1. The molecular weight excluding hydrogens is 284 g/mol. The molecule has 0 N–H and O–H groups in total. The van der Waals surface area contributed by atoms with Gasteiger partial charge < -0.3 is 0 Å². The Hall–Kier alpha value is -1.16. The molecule has 116 valence electrons. The molecule has 0 amide bonds. The SMILES string of the molecule is CC(C)(C)c1ccc(S(=O)(=O)CC(=O)C2CCCC2)cc1. The van der Waals surface area contributed by atoms with Gasteiger partial charge in [0, 0.05) is 5.92 Å². The monoisotopic (exact) mass is 308 g/mol. The Balaban J connectivity index is 2.14. The van der Waals surface area contributed by atoms with Crippen molar-refractivity contribution < 1.29 is 13.2 Å². The maximum absolute atomic E-state index is 12.3. The lowest BCUT2D eigenvalue weighted by molar-refractivity contribution is -0.120. The van der Waals surface area contributed by atoms with Gasteiger partial charge in [-0.15, -0.1) is 0 Å². The average molecular weight is 308 g/mol. The van der Waals surface area contributed by atoms with Crippen molar-refractivity contribution in [3.63, 3.8) is 0 Å². The second-order valence-corrected chi connectivity index (χ2v) is 8.97. The number of Topliss-reactive ketones (excluding diaryl/α,β-unsaturated/α-hetero) is 1. The molecule has 0 atom stereocenters. The van der Waals surface area contributed by atoms with Gasteiger partial charge in [-0.25, -0.2) is 8.42 Å². The number of carbonyl (C=O) groups is 1. The first-order chi connectivity index (χ1) is 9.70. The van der Waals surface area contributed by atoms with E-state index in [4.69, 9.17) is 0 Å².